The fourth-order valence-electron chi connectivity index (χ4n) is 3.50. The third-order valence-electron chi connectivity index (χ3n) is 5.92. The standard InChI is InChI=1S/C29H45NO8/c1-6-9-11-14-27(32)37-24-17-16-22(19-25(24)38-28(33)15-12-10-7-2)18-23(30)29(34)36-21(5)20(4)35-26(31)13-8-3/h16-17,19-21,23H,6-15,18,30H2,1-5H3/t20-,21-,23-/m0/s1. The second kappa shape index (κ2) is 18.3. The highest BCUT2D eigenvalue weighted by atomic mass is 16.6. The number of nitrogens with two attached hydrogens (primary N) is 1. The molecule has 0 saturated heterocycles. The molecule has 0 unspecified atom stereocenters. The van der Waals surface area contributed by atoms with Gasteiger partial charge in [-0.3, -0.25) is 19.2 Å². The molecule has 38 heavy (non-hydrogen) atoms. The van der Waals surface area contributed by atoms with Crippen LogP contribution >= 0.6 is 0 Å². The van der Waals surface area contributed by atoms with Crippen LogP contribution in [0.5, 0.6) is 11.5 Å². The second-order valence-electron chi connectivity index (χ2n) is 9.54. The highest BCUT2D eigenvalue weighted by Crippen LogP contribution is 2.30. The van der Waals surface area contributed by atoms with Crippen molar-refractivity contribution in [1.82, 2.24) is 0 Å². The van der Waals surface area contributed by atoms with Crippen molar-refractivity contribution >= 4 is 23.9 Å². The summed E-state index contributed by atoms with van der Waals surface area (Å²) in [4.78, 5) is 48.9. The number of rotatable bonds is 18. The summed E-state index contributed by atoms with van der Waals surface area (Å²) >= 11 is 0. The molecule has 0 aromatic heterocycles. The predicted molar refractivity (Wildman–Crippen MR) is 144 cm³/mol. The van der Waals surface area contributed by atoms with Crippen LogP contribution in [-0.2, 0) is 35.1 Å². The van der Waals surface area contributed by atoms with Crippen LogP contribution in [0.25, 0.3) is 0 Å². The van der Waals surface area contributed by atoms with Gasteiger partial charge >= 0.3 is 23.9 Å². The Morgan fingerprint density at radius 3 is 1.82 bits per heavy atom. The third-order valence-corrected chi connectivity index (χ3v) is 5.92. The Morgan fingerprint density at radius 2 is 1.26 bits per heavy atom. The lowest BCUT2D eigenvalue weighted by atomic mass is 10.1. The van der Waals surface area contributed by atoms with Gasteiger partial charge in [-0.15, -0.1) is 0 Å². The number of benzene rings is 1. The summed E-state index contributed by atoms with van der Waals surface area (Å²) in [5.41, 5.74) is 6.69. The minimum absolute atomic E-state index is 0.0979. The van der Waals surface area contributed by atoms with Crippen molar-refractivity contribution in [2.75, 3.05) is 0 Å². The monoisotopic (exact) mass is 535 g/mol. The largest absolute Gasteiger partial charge is 0.459 e. The van der Waals surface area contributed by atoms with Crippen LogP contribution in [0.1, 0.15) is 104 Å². The van der Waals surface area contributed by atoms with Crippen LogP contribution in [0.2, 0.25) is 0 Å². The van der Waals surface area contributed by atoms with E-state index in [9.17, 15) is 19.2 Å². The maximum absolute atomic E-state index is 12.6. The molecule has 1 aromatic rings. The average molecular weight is 536 g/mol. The Hall–Kier alpha value is -2.94. The number of hydrogen-bond donors (Lipinski definition) is 1. The molecule has 2 N–H and O–H groups in total. The normalized spacial score (nSPS) is 13.2. The highest BCUT2D eigenvalue weighted by Gasteiger charge is 2.25. The second-order valence-corrected chi connectivity index (χ2v) is 9.54. The van der Waals surface area contributed by atoms with E-state index >= 15 is 0 Å². The van der Waals surface area contributed by atoms with Gasteiger partial charge in [-0.1, -0.05) is 52.5 Å². The van der Waals surface area contributed by atoms with Crippen LogP contribution in [0.15, 0.2) is 18.2 Å². The molecule has 0 fully saturated rings. The predicted octanol–water partition coefficient (Wildman–Crippen LogP) is 5.19. The van der Waals surface area contributed by atoms with Crippen LogP contribution in [0.3, 0.4) is 0 Å². The maximum atomic E-state index is 12.6. The molecular weight excluding hydrogens is 490 g/mol. The summed E-state index contributed by atoms with van der Waals surface area (Å²) in [7, 11) is 0. The lowest BCUT2D eigenvalue weighted by molar-refractivity contribution is -0.166. The Balaban J connectivity index is 2.89. The summed E-state index contributed by atoms with van der Waals surface area (Å²) in [6, 6.07) is 3.75. The van der Waals surface area contributed by atoms with E-state index in [1.807, 2.05) is 20.8 Å². The minimum atomic E-state index is -1.01. The van der Waals surface area contributed by atoms with Crippen LogP contribution < -0.4 is 15.2 Å². The van der Waals surface area contributed by atoms with Gasteiger partial charge in [-0.05, 0) is 57.2 Å². The first kappa shape index (κ1) is 33.1. The molecule has 0 bridgehead atoms. The van der Waals surface area contributed by atoms with E-state index in [4.69, 9.17) is 24.7 Å². The molecular formula is C29H45NO8. The summed E-state index contributed by atoms with van der Waals surface area (Å²) in [6.45, 7) is 9.25. The van der Waals surface area contributed by atoms with Crippen LogP contribution in [0, 0.1) is 0 Å². The summed E-state index contributed by atoms with van der Waals surface area (Å²) < 4.78 is 21.7. The topological polar surface area (TPSA) is 131 Å². The Morgan fingerprint density at radius 1 is 0.711 bits per heavy atom. The van der Waals surface area contributed by atoms with E-state index < -0.39 is 36.2 Å². The average Bonchev–Trinajstić information content (AvgIpc) is 2.85. The quantitative estimate of drug-likeness (QED) is 0.153. The van der Waals surface area contributed by atoms with E-state index in [2.05, 4.69) is 0 Å². The molecule has 1 rings (SSSR count). The first-order valence-electron chi connectivity index (χ1n) is 13.8. The molecule has 0 spiro atoms. The van der Waals surface area contributed by atoms with Crippen LogP contribution in [-0.4, -0.2) is 42.1 Å². The van der Waals surface area contributed by atoms with E-state index in [0.717, 1.165) is 25.7 Å². The van der Waals surface area contributed by atoms with Crippen molar-refractivity contribution in [3.05, 3.63) is 23.8 Å². The number of carbonyl (C=O) groups excluding carboxylic acids is 4. The van der Waals surface area contributed by atoms with Gasteiger partial charge in [0.25, 0.3) is 0 Å². The van der Waals surface area contributed by atoms with Crippen molar-refractivity contribution in [1.29, 1.82) is 0 Å². The Labute approximate surface area is 226 Å². The van der Waals surface area contributed by atoms with Gasteiger partial charge in [0.1, 0.15) is 18.2 Å². The molecule has 0 heterocycles. The van der Waals surface area contributed by atoms with E-state index in [-0.39, 0.29) is 36.7 Å². The number of carbonyl (C=O) groups is 4. The van der Waals surface area contributed by atoms with Gasteiger partial charge in [-0.25, -0.2) is 0 Å². The molecule has 3 atom stereocenters. The molecule has 1 aromatic carbocycles. The molecule has 0 amide bonds. The highest BCUT2D eigenvalue weighted by molar-refractivity contribution is 5.77. The molecule has 0 saturated carbocycles. The van der Waals surface area contributed by atoms with Crippen molar-refractivity contribution in [3.8, 4) is 11.5 Å². The van der Waals surface area contributed by atoms with Gasteiger partial charge in [0, 0.05) is 19.3 Å². The zero-order valence-electron chi connectivity index (χ0n) is 23.6. The van der Waals surface area contributed by atoms with Gasteiger partial charge < -0.3 is 24.7 Å². The molecule has 9 nitrogen and oxygen atoms in total. The fraction of sp³-hybridized carbons (Fsp3) is 0.655. The zero-order valence-corrected chi connectivity index (χ0v) is 23.6. The van der Waals surface area contributed by atoms with E-state index in [1.165, 1.54) is 6.07 Å². The molecule has 0 aliphatic heterocycles. The van der Waals surface area contributed by atoms with Crippen molar-refractivity contribution < 1.29 is 38.1 Å². The number of unbranched alkanes of at least 4 members (excludes halogenated alkanes) is 4. The van der Waals surface area contributed by atoms with E-state index in [0.29, 0.717) is 31.2 Å². The zero-order chi connectivity index (χ0) is 28.5. The molecule has 0 radical (unpaired) electrons. The smallest absolute Gasteiger partial charge is 0.323 e. The van der Waals surface area contributed by atoms with Gasteiger partial charge in [0.2, 0.25) is 0 Å². The molecule has 214 valence electrons. The van der Waals surface area contributed by atoms with Crippen LogP contribution in [0.4, 0.5) is 0 Å². The van der Waals surface area contributed by atoms with Crippen molar-refractivity contribution in [3.63, 3.8) is 0 Å². The third kappa shape index (κ3) is 13.0. The SMILES string of the molecule is CCCCCC(=O)Oc1ccc(C[C@H](N)C(=O)O[C@@H](C)[C@H](C)OC(=O)CCC)cc1OC(=O)CCCCC. The Kier molecular flexibility index (Phi) is 16.0. The summed E-state index contributed by atoms with van der Waals surface area (Å²) in [5, 5.41) is 0. The van der Waals surface area contributed by atoms with Gasteiger partial charge in [0.05, 0.1) is 0 Å². The maximum Gasteiger partial charge on any atom is 0.323 e. The molecule has 0 aliphatic rings. The molecule has 9 heteroatoms. The van der Waals surface area contributed by atoms with Gasteiger partial charge in [-0.2, -0.15) is 0 Å². The lowest BCUT2D eigenvalue weighted by Crippen LogP contribution is -2.39. The van der Waals surface area contributed by atoms with Crippen molar-refractivity contribution in [2.24, 2.45) is 5.73 Å². The Bertz CT molecular complexity index is 901. The lowest BCUT2D eigenvalue weighted by Gasteiger charge is -2.22. The summed E-state index contributed by atoms with van der Waals surface area (Å²) in [6.07, 6.45) is 5.45. The number of esters is 4. The number of ether oxygens (including phenoxy) is 4. The van der Waals surface area contributed by atoms with Crippen molar-refractivity contribution in [2.45, 2.75) is 123 Å². The first-order chi connectivity index (χ1) is 18.1. The first-order valence-corrected chi connectivity index (χ1v) is 13.8. The summed E-state index contributed by atoms with van der Waals surface area (Å²) in [5.74, 6) is -1.58. The van der Waals surface area contributed by atoms with E-state index in [1.54, 1.807) is 26.0 Å². The fourth-order valence-corrected chi connectivity index (χ4v) is 3.50. The number of hydrogen-bond acceptors (Lipinski definition) is 9. The van der Waals surface area contributed by atoms with Gasteiger partial charge in [0.15, 0.2) is 11.5 Å². The minimum Gasteiger partial charge on any atom is -0.459 e. The molecule has 0 aliphatic carbocycles.